The summed E-state index contributed by atoms with van der Waals surface area (Å²) >= 11 is 7.82. The van der Waals surface area contributed by atoms with E-state index in [1.165, 1.54) is 0 Å². The van der Waals surface area contributed by atoms with Gasteiger partial charge in [0, 0.05) is 35.4 Å². The summed E-state index contributed by atoms with van der Waals surface area (Å²) in [6, 6.07) is 11.6. The maximum atomic E-state index is 13.4. The zero-order chi connectivity index (χ0) is 29.3. The monoisotopic (exact) mass is 590 g/mol. The van der Waals surface area contributed by atoms with Crippen LogP contribution in [0.1, 0.15) is 57.2 Å². The molecule has 0 N–H and O–H groups in total. The van der Waals surface area contributed by atoms with Gasteiger partial charge in [-0.2, -0.15) is 0 Å². The summed E-state index contributed by atoms with van der Waals surface area (Å²) in [5.74, 6) is 0.322. The Bertz CT molecular complexity index is 1610. The van der Waals surface area contributed by atoms with Gasteiger partial charge in [0.05, 0.1) is 22.4 Å². The molecule has 2 aromatic heterocycles. The van der Waals surface area contributed by atoms with Gasteiger partial charge in [0.25, 0.3) is 0 Å². The van der Waals surface area contributed by atoms with Gasteiger partial charge in [-0.25, -0.2) is 19.7 Å². The second-order valence-electron chi connectivity index (χ2n) is 11.2. The van der Waals surface area contributed by atoms with Gasteiger partial charge in [-0.1, -0.05) is 29.8 Å². The lowest BCUT2D eigenvalue weighted by Crippen LogP contribution is -2.29. The van der Waals surface area contributed by atoms with Gasteiger partial charge in [0.2, 0.25) is 0 Å². The third-order valence-electron chi connectivity index (χ3n) is 6.87. The molecule has 0 spiro atoms. The molecule has 0 radical (unpaired) electrons. The molecule has 4 aromatic rings. The highest BCUT2D eigenvalue weighted by molar-refractivity contribution is 7.22. The molecule has 5 rings (SSSR count). The summed E-state index contributed by atoms with van der Waals surface area (Å²) in [5.41, 5.74) is 5.62. The van der Waals surface area contributed by atoms with Crippen molar-refractivity contribution in [3.05, 3.63) is 70.6 Å². The topological polar surface area (TPSA) is 77.4 Å². The van der Waals surface area contributed by atoms with Crippen LogP contribution in [0.2, 0.25) is 5.02 Å². The standard InChI is InChI=1S/C32H35ClN4O3S/c1-7-39-31(38)27(40-32(3,4)5)25-19(2)18-24-28(26(25)20-8-10-22(33)11-9-20)41-30(36-24)23-12-15-34-29(35-23)21-13-16-37(6)17-14-21/h8-13,15,18,27H,7,14,16-17H2,1-6H3/t27-/m0/s1. The van der Waals surface area contributed by atoms with Gasteiger partial charge in [-0.15, -0.1) is 11.3 Å². The van der Waals surface area contributed by atoms with Crippen molar-refractivity contribution in [2.24, 2.45) is 0 Å². The van der Waals surface area contributed by atoms with E-state index in [0.29, 0.717) is 5.02 Å². The summed E-state index contributed by atoms with van der Waals surface area (Å²) in [4.78, 5) is 30.1. The number of halogens is 1. The average molecular weight is 591 g/mol. The van der Waals surface area contributed by atoms with Crippen LogP contribution in [-0.4, -0.2) is 58.2 Å². The van der Waals surface area contributed by atoms with E-state index in [0.717, 1.165) is 74.1 Å². The third kappa shape index (κ3) is 6.51. The number of nitrogens with zero attached hydrogens (tertiary/aromatic N) is 4. The van der Waals surface area contributed by atoms with E-state index in [1.807, 2.05) is 64.1 Å². The largest absolute Gasteiger partial charge is 0.464 e. The minimum absolute atomic E-state index is 0.258. The number of hydrogen-bond acceptors (Lipinski definition) is 8. The predicted molar refractivity (Wildman–Crippen MR) is 166 cm³/mol. The number of aromatic nitrogens is 3. The fourth-order valence-corrected chi connectivity index (χ4v) is 6.19. The van der Waals surface area contributed by atoms with Gasteiger partial charge in [0.15, 0.2) is 11.9 Å². The van der Waals surface area contributed by atoms with E-state index in [9.17, 15) is 4.79 Å². The molecular formula is C32H35ClN4O3S. The maximum Gasteiger partial charge on any atom is 0.339 e. The number of carbonyl (C=O) groups excluding carboxylic acids is 1. The fourth-order valence-electron chi connectivity index (χ4n) is 4.96. The van der Waals surface area contributed by atoms with Gasteiger partial charge >= 0.3 is 5.97 Å². The smallest absolute Gasteiger partial charge is 0.339 e. The SMILES string of the molecule is CCOC(=O)[C@@H](OC(C)(C)C)c1c(C)cc2nc(-c3ccnc(C4=CCN(C)CC4)n3)sc2c1-c1ccc(Cl)cc1. The van der Waals surface area contributed by atoms with Crippen molar-refractivity contribution >= 4 is 44.7 Å². The first kappa shape index (κ1) is 29.3. The zero-order valence-electron chi connectivity index (χ0n) is 24.3. The molecule has 1 atom stereocenters. The lowest BCUT2D eigenvalue weighted by Gasteiger charge is -2.29. The highest BCUT2D eigenvalue weighted by Crippen LogP contribution is 2.44. The minimum atomic E-state index is -0.919. The number of benzene rings is 2. The average Bonchev–Trinajstić information content (AvgIpc) is 3.35. The molecule has 0 unspecified atom stereocenters. The van der Waals surface area contributed by atoms with Crippen LogP contribution in [0.15, 0.2) is 48.7 Å². The Kier molecular flexibility index (Phi) is 8.57. The Morgan fingerprint density at radius 3 is 2.59 bits per heavy atom. The molecule has 1 aliphatic rings. The van der Waals surface area contributed by atoms with E-state index in [1.54, 1.807) is 24.5 Å². The van der Waals surface area contributed by atoms with Crippen LogP contribution in [0, 0.1) is 6.92 Å². The number of esters is 1. The zero-order valence-corrected chi connectivity index (χ0v) is 25.9. The first-order valence-corrected chi connectivity index (χ1v) is 15.0. The molecule has 3 heterocycles. The van der Waals surface area contributed by atoms with Crippen LogP contribution in [-0.2, 0) is 14.3 Å². The molecule has 0 aliphatic carbocycles. The van der Waals surface area contributed by atoms with Gasteiger partial charge < -0.3 is 14.4 Å². The quantitative estimate of drug-likeness (QED) is 0.206. The van der Waals surface area contributed by atoms with Crippen LogP contribution < -0.4 is 0 Å². The van der Waals surface area contributed by atoms with Crippen molar-refractivity contribution in [3.8, 4) is 21.8 Å². The second-order valence-corrected chi connectivity index (χ2v) is 12.7. The first-order chi connectivity index (χ1) is 19.5. The van der Waals surface area contributed by atoms with Crippen molar-refractivity contribution in [3.63, 3.8) is 0 Å². The number of carbonyl (C=O) groups is 1. The number of likely N-dealkylation sites (N-methyl/N-ethyl adjacent to an activating group) is 1. The van der Waals surface area contributed by atoms with Crippen LogP contribution in [0.4, 0.5) is 0 Å². The lowest BCUT2D eigenvalue weighted by molar-refractivity contribution is -0.166. The number of ether oxygens (including phenoxy) is 2. The highest BCUT2D eigenvalue weighted by atomic mass is 35.5. The van der Waals surface area contributed by atoms with E-state index in [-0.39, 0.29) is 6.61 Å². The number of fused-ring (bicyclic) bond motifs is 1. The van der Waals surface area contributed by atoms with Crippen LogP contribution >= 0.6 is 22.9 Å². The minimum Gasteiger partial charge on any atom is -0.464 e. The summed E-state index contributed by atoms with van der Waals surface area (Å²) in [5, 5.41) is 1.42. The Hall–Kier alpha value is -3.17. The van der Waals surface area contributed by atoms with Crippen molar-refractivity contribution in [1.29, 1.82) is 0 Å². The first-order valence-electron chi connectivity index (χ1n) is 13.8. The molecule has 9 heteroatoms. The summed E-state index contributed by atoms with van der Waals surface area (Å²) in [7, 11) is 2.11. The number of rotatable bonds is 7. The second kappa shape index (κ2) is 12.0. The van der Waals surface area contributed by atoms with E-state index in [2.05, 4.69) is 23.0 Å². The molecule has 0 saturated heterocycles. The summed E-state index contributed by atoms with van der Waals surface area (Å²) in [6.07, 6.45) is 3.98. The molecular weight excluding hydrogens is 556 g/mol. The van der Waals surface area contributed by atoms with Gasteiger partial charge in [0.1, 0.15) is 10.7 Å². The van der Waals surface area contributed by atoms with E-state index < -0.39 is 17.7 Å². The predicted octanol–water partition coefficient (Wildman–Crippen LogP) is 7.52. The van der Waals surface area contributed by atoms with Gasteiger partial charge in [-0.05, 0) is 89.1 Å². The summed E-state index contributed by atoms with van der Waals surface area (Å²) in [6.45, 7) is 11.7. The van der Waals surface area contributed by atoms with Crippen LogP contribution in [0.5, 0.6) is 0 Å². The molecule has 0 bridgehead atoms. The summed E-state index contributed by atoms with van der Waals surface area (Å²) < 4.78 is 12.8. The molecule has 0 saturated carbocycles. The molecule has 0 amide bonds. The van der Waals surface area contributed by atoms with Crippen LogP contribution in [0.3, 0.4) is 0 Å². The van der Waals surface area contributed by atoms with E-state index >= 15 is 0 Å². The third-order valence-corrected chi connectivity index (χ3v) is 8.23. The highest BCUT2D eigenvalue weighted by Gasteiger charge is 2.33. The molecule has 7 nitrogen and oxygen atoms in total. The van der Waals surface area contributed by atoms with Crippen molar-refractivity contribution < 1.29 is 14.3 Å². The number of hydrogen-bond donors (Lipinski definition) is 0. The number of aryl methyl sites for hydroxylation is 1. The Morgan fingerprint density at radius 2 is 1.93 bits per heavy atom. The molecule has 2 aromatic carbocycles. The maximum absolute atomic E-state index is 13.4. The normalized spacial score (nSPS) is 15.1. The van der Waals surface area contributed by atoms with Crippen LogP contribution in [0.25, 0.3) is 37.6 Å². The number of thiazole rings is 1. The van der Waals surface area contributed by atoms with Gasteiger partial charge in [-0.3, -0.25) is 0 Å². The van der Waals surface area contributed by atoms with Crippen molar-refractivity contribution in [1.82, 2.24) is 19.9 Å². The van der Waals surface area contributed by atoms with E-state index in [4.69, 9.17) is 31.0 Å². The fraction of sp³-hybridized carbons (Fsp3) is 0.375. The molecule has 41 heavy (non-hydrogen) atoms. The van der Waals surface area contributed by atoms with Crippen molar-refractivity contribution in [2.45, 2.75) is 52.7 Å². The molecule has 214 valence electrons. The lowest BCUT2D eigenvalue weighted by atomic mass is 9.91. The molecule has 1 aliphatic heterocycles. The Labute approximate surface area is 250 Å². The molecule has 0 fully saturated rings. The van der Waals surface area contributed by atoms with Crippen molar-refractivity contribution in [2.75, 3.05) is 26.7 Å². The Morgan fingerprint density at radius 1 is 1.17 bits per heavy atom. The Balaban J connectivity index is 1.70.